The largest absolute Gasteiger partial charge is 0.467 e. The number of thioether (sulfide) groups is 1. The first-order valence-electron chi connectivity index (χ1n) is 8.39. The van der Waals surface area contributed by atoms with Crippen molar-refractivity contribution in [3.05, 3.63) is 58.6 Å². The van der Waals surface area contributed by atoms with E-state index in [1.54, 1.807) is 11.8 Å². The number of benzene rings is 2. The smallest absolute Gasteiger partial charge is 0.191 e. The molecule has 2 aromatic carbocycles. The van der Waals surface area contributed by atoms with Gasteiger partial charge in [0.1, 0.15) is 5.75 Å². The molecule has 4 rings (SSSR count). The molecule has 0 bridgehead atoms. The number of hydrogen-bond acceptors (Lipinski definition) is 5. The van der Waals surface area contributed by atoms with Crippen LogP contribution in [-0.4, -0.2) is 21.6 Å². The standard InChI is InChI=1S/C19H18ClN3O2S/c1-2-23-18(13-6-4-3-5-7-13)21-22-19(23)26-11-15-9-16(20)8-14-10-24-12-25-17(14)15/h3-9H,2,10-12H2,1H3. The van der Waals surface area contributed by atoms with Crippen LogP contribution in [0.1, 0.15) is 18.1 Å². The van der Waals surface area contributed by atoms with Crippen LogP contribution in [0.5, 0.6) is 5.75 Å². The van der Waals surface area contributed by atoms with Gasteiger partial charge in [0.2, 0.25) is 0 Å². The third-order valence-electron chi connectivity index (χ3n) is 4.17. The molecule has 0 aliphatic carbocycles. The second kappa shape index (κ2) is 7.70. The first-order chi connectivity index (χ1) is 12.8. The number of fused-ring (bicyclic) bond motifs is 1. The highest BCUT2D eigenvalue weighted by atomic mass is 35.5. The fourth-order valence-electron chi connectivity index (χ4n) is 2.99. The third kappa shape index (κ3) is 3.45. The maximum Gasteiger partial charge on any atom is 0.191 e. The molecule has 1 aliphatic heterocycles. The zero-order valence-electron chi connectivity index (χ0n) is 14.3. The molecular weight excluding hydrogens is 370 g/mol. The van der Waals surface area contributed by atoms with E-state index < -0.39 is 0 Å². The zero-order valence-corrected chi connectivity index (χ0v) is 15.9. The van der Waals surface area contributed by atoms with Crippen molar-refractivity contribution in [2.75, 3.05) is 6.79 Å². The zero-order chi connectivity index (χ0) is 17.9. The number of halogens is 1. The van der Waals surface area contributed by atoms with Crippen molar-refractivity contribution in [1.29, 1.82) is 0 Å². The highest BCUT2D eigenvalue weighted by Crippen LogP contribution is 2.35. The van der Waals surface area contributed by atoms with Crippen LogP contribution in [-0.2, 0) is 23.6 Å². The van der Waals surface area contributed by atoms with E-state index in [9.17, 15) is 0 Å². The van der Waals surface area contributed by atoms with E-state index in [4.69, 9.17) is 21.1 Å². The molecule has 0 N–H and O–H groups in total. The van der Waals surface area contributed by atoms with E-state index in [1.807, 2.05) is 42.5 Å². The number of ether oxygens (including phenoxy) is 2. The van der Waals surface area contributed by atoms with Crippen LogP contribution >= 0.6 is 23.4 Å². The lowest BCUT2D eigenvalue weighted by atomic mass is 10.1. The van der Waals surface area contributed by atoms with Gasteiger partial charge in [0.15, 0.2) is 17.8 Å². The molecule has 7 heteroatoms. The van der Waals surface area contributed by atoms with Crippen LogP contribution in [0.4, 0.5) is 0 Å². The molecule has 134 valence electrons. The predicted octanol–water partition coefficient (Wildman–Crippen LogP) is 4.78. The summed E-state index contributed by atoms with van der Waals surface area (Å²) in [5.41, 5.74) is 3.10. The van der Waals surface area contributed by atoms with Gasteiger partial charge in [0.05, 0.1) is 6.61 Å². The summed E-state index contributed by atoms with van der Waals surface area (Å²) in [6.45, 7) is 3.70. The van der Waals surface area contributed by atoms with Crippen LogP contribution in [0.25, 0.3) is 11.4 Å². The minimum atomic E-state index is 0.273. The molecule has 0 amide bonds. The van der Waals surface area contributed by atoms with Gasteiger partial charge in [-0.1, -0.05) is 53.7 Å². The Morgan fingerprint density at radius 1 is 1.19 bits per heavy atom. The van der Waals surface area contributed by atoms with Crippen molar-refractivity contribution >= 4 is 23.4 Å². The molecule has 3 aromatic rings. The minimum Gasteiger partial charge on any atom is -0.467 e. The minimum absolute atomic E-state index is 0.273. The summed E-state index contributed by atoms with van der Waals surface area (Å²) in [5.74, 6) is 2.46. The Hall–Kier alpha value is -2.02. The van der Waals surface area contributed by atoms with Gasteiger partial charge in [-0.25, -0.2) is 0 Å². The van der Waals surface area contributed by atoms with Crippen molar-refractivity contribution in [2.45, 2.75) is 31.0 Å². The summed E-state index contributed by atoms with van der Waals surface area (Å²) in [7, 11) is 0. The molecule has 0 saturated heterocycles. The maximum atomic E-state index is 6.25. The lowest BCUT2D eigenvalue weighted by Crippen LogP contribution is -2.13. The Kier molecular flexibility index (Phi) is 5.15. The van der Waals surface area contributed by atoms with Gasteiger partial charge in [-0.2, -0.15) is 0 Å². The van der Waals surface area contributed by atoms with Gasteiger partial charge in [-0.3, -0.25) is 0 Å². The lowest BCUT2D eigenvalue weighted by Gasteiger charge is -2.21. The third-order valence-corrected chi connectivity index (χ3v) is 5.41. The summed E-state index contributed by atoms with van der Waals surface area (Å²) in [5, 5.41) is 10.4. The Morgan fingerprint density at radius 2 is 2.04 bits per heavy atom. The normalized spacial score (nSPS) is 13.3. The Morgan fingerprint density at radius 3 is 2.85 bits per heavy atom. The molecule has 0 radical (unpaired) electrons. The number of rotatable bonds is 5. The summed E-state index contributed by atoms with van der Waals surface area (Å²) in [6.07, 6.45) is 0. The van der Waals surface area contributed by atoms with Crippen LogP contribution in [0.2, 0.25) is 5.02 Å². The van der Waals surface area contributed by atoms with E-state index in [2.05, 4.69) is 21.7 Å². The van der Waals surface area contributed by atoms with Crippen LogP contribution in [0.3, 0.4) is 0 Å². The van der Waals surface area contributed by atoms with Crippen molar-refractivity contribution in [3.8, 4) is 17.1 Å². The number of nitrogens with zero attached hydrogens (tertiary/aromatic N) is 3. The van der Waals surface area contributed by atoms with E-state index in [0.29, 0.717) is 17.4 Å². The van der Waals surface area contributed by atoms with Crippen molar-refractivity contribution < 1.29 is 9.47 Å². The Balaban J connectivity index is 1.60. The molecule has 1 aromatic heterocycles. The van der Waals surface area contributed by atoms with E-state index in [-0.39, 0.29) is 6.79 Å². The van der Waals surface area contributed by atoms with Gasteiger partial charge in [-0.05, 0) is 19.1 Å². The highest BCUT2D eigenvalue weighted by molar-refractivity contribution is 7.98. The van der Waals surface area contributed by atoms with Crippen molar-refractivity contribution in [1.82, 2.24) is 14.8 Å². The first kappa shape index (κ1) is 17.4. The Bertz CT molecular complexity index is 915. The highest BCUT2D eigenvalue weighted by Gasteiger charge is 2.18. The fraction of sp³-hybridized carbons (Fsp3) is 0.263. The molecular formula is C19H18ClN3O2S. The summed E-state index contributed by atoms with van der Waals surface area (Å²) in [6, 6.07) is 14.0. The molecule has 0 spiro atoms. The number of aromatic nitrogens is 3. The first-order valence-corrected chi connectivity index (χ1v) is 9.76. The van der Waals surface area contributed by atoms with Crippen LogP contribution in [0.15, 0.2) is 47.6 Å². The van der Waals surface area contributed by atoms with Gasteiger partial charge in [0, 0.05) is 34.0 Å². The van der Waals surface area contributed by atoms with Crippen molar-refractivity contribution in [3.63, 3.8) is 0 Å². The average molecular weight is 388 g/mol. The maximum absolute atomic E-state index is 6.25. The topological polar surface area (TPSA) is 49.2 Å². The molecule has 5 nitrogen and oxygen atoms in total. The molecule has 0 fully saturated rings. The predicted molar refractivity (Wildman–Crippen MR) is 102 cm³/mol. The molecule has 0 unspecified atom stereocenters. The summed E-state index contributed by atoms with van der Waals surface area (Å²) in [4.78, 5) is 0. The van der Waals surface area contributed by atoms with Gasteiger partial charge >= 0.3 is 0 Å². The molecule has 1 aliphatic rings. The SMILES string of the molecule is CCn1c(SCc2cc(Cl)cc3c2OCOC3)nnc1-c1ccccc1. The summed E-state index contributed by atoms with van der Waals surface area (Å²) >= 11 is 7.88. The molecule has 0 atom stereocenters. The molecule has 2 heterocycles. The number of hydrogen-bond donors (Lipinski definition) is 0. The quantitative estimate of drug-likeness (QED) is 0.590. The second-order valence-corrected chi connectivity index (χ2v) is 7.25. The van der Waals surface area contributed by atoms with E-state index >= 15 is 0 Å². The second-order valence-electron chi connectivity index (χ2n) is 5.87. The molecule has 26 heavy (non-hydrogen) atoms. The van der Waals surface area contributed by atoms with Crippen molar-refractivity contribution in [2.24, 2.45) is 0 Å². The van der Waals surface area contributed by atoms with Crippen LogP contribution < -0.4 is 4.74 Å². The average Bonchev–Trinajstić information content (AvgIpc) is 3.09. The fourth-order valence-corrected chi connectivity index (χ4v) is 4.22. The monoisotopic (exact) mass is 387 g/mol. The lowest BCUT2D eigenvalue weighted by molar-refractivity contribution is -0.0168. The van der Waals surface area contributed by atoms with E-state index in [0.717, 1.165) is 40.0 Å². The molecule has 0 saturated carbocycles. The Labute approximate surface area is 161 Å². The van der Waals surface area contributed by atoms with E-state index in [1.165, 1.54) is 0 Å². The van der Waals surface area contributed by atoms with Crippen LogP contribution in [0, 0.1) is 0 Å². The van der Waals surface area contributed by atoms with Gasteiger partial charge in [-0.15, -0.1) is 10.2 Å². The van der Waals surface area contributed by atoms with Gasteiger partial charge < -0.3 is 14.0 Å². The summed E-state index contributed by atoms with van der Waals surface area (Å²) < 4.78 is 13.2. The van der Waals surface area contributed by atoms with Gasteiger partial charge in [0.25, 0.3) is 0 Å².